The Balaban J connectivity index is 2.20. The van der Waals surface area contributed by atoms with Gasteiger partial charge in [0, 0.05) is 6.54 Å². The quantitative estimate of drug-likeness (QED) is 0.672. The molecule has 2 heteroatoms. The molecule has 0 amide bonds. The normalized spacial score (nSPS) is 22.2. The van der Waals surface area contributed by atoms with Gasteiger partial charge in [-0.25, -0.2) is 0 Å². The Morgan fingerprint density at radius 1 is 1.17 bits per heavy atom. The molecule has 0 unspecified atom stereocenters. The Bertz CT molecular complexity index is 104. The molecule has 72 valence electrons. The fraction of sp³-hybridized carbons (Fsp3) is 1.00. The minimum Gasteiger partial charge on any atom is -0.317 e. The average molecular weight is 170 g/mol. The lowest BCUT2D eigenvalue weighted by atomic mass is 10.2. The van der Waals surface area contributed by atoms with Gasteiger partial charge in [0.2, 0.25) is 0 Å². The lowest BCUT2D eigenvalue weighted by Gasteiger charge is -2.26. The third kappa shape index (κ3) is 4.07. The first-order valence-corrected chi connectivity index (χ1v) is 5.22. The number of rotatable bonds is 2. The lowest BCUT2D eigenvalue weighted by molar-refractivity contribution is 0.227. The van der Waals surface area contributed by atoms with Crippen molar-refractivity contribution in [3.8, 4) is 0 Å². The Hall–Kier alpha value is -0.0800. The predicted molar refractivity (Wildman–Crippen MR) is 53.4 cm³/mol. The summed E-state index contributed by atoms with van der Waals surface area (Å²) in [6, 6.07) is 0. The van der Waals surface area contributed by atoms with Gasteiger partial charge in [-0.2, -0.15) is 0 Å². The summed E-state index contributed by atoms with van der Waals surface area (Å²) in [4.78, 5) is 2.60. The van der Waals surface area contributed by atoms with Crippen molar-refractivity contribution in [3.05, 3.63) is 0 Å². The van der Waals surface area contributed by atoms with E-state index in [2.05, 4.69) is 24.1 Å². The van der Waals surface area contributed by atoms with Gasteiger partial charge >= 0.3 is 0 Å². The first-order chi connectivity index (χ1) is 5.79. The maximum Gasteiger partial charge on any atom is 0.000440 e. The molecule has 2 nitrogen and oxygen atoms in total. The number of nitrogens with one attached hydrogen (secondary N) is 1. The number of hydrogen-bond acceptors (Lipinski definition) is 2. The van der Waals surface area contributed by atoms with Crippen LogP contribution in [0, 0.1) is 5.92 Å². The molecule has 12 heavy (non-hydrogen) atoms. The van der Waals surface area contributed by atoms with Gasteiger partial charge in [0.1, 0.15) is 0 Å². The fourth-order valence-electron chi connectivity index (χ4n) is 1.79. The molecule has 0 aliphatic carbocycles. The second-order valence-electron chi connectivity index (χ2n) is 4.15. The standard InChI is InChI=1S/C10H22N2/c1-10(2)9-12-7-3-5-11-6-4-8-12/h10-11H,3-9H2,1-2H3. The molecule has 1 fully saturated rings. The summed E-state index contributed by atoms with van der Waals surface area (Å²) in [7, 11) is 0. The molecule has 0 aromatic carbocycles. The molecular formula is C10H22N2. The smallest absolute Gasteiger partial charge is 0.000440 e. The van der Waals surface area contributed by atoms with Crippen LogP contribution in [0.4, 0.5) is 0 Å². The van der Waals surface area contributed by atoms with Crippen molar-refractivity contribution in [3.63, 3.8) is 0 Å². The van der Waals surface area contributed by atoms with Crippen LogP contribution >= 0.6 is 0 Å². The highest BCUT2D eigenvalue weighted by atomic mass is 15.1. The lowest BCUT2D eigenvalue weighted by Crippen LogP contribution is -2.35. The topological polar surface area (TPSA) is 15.3 Å². The average Bonchev–Trinajstić information content (AvgIpc) is 1.93. The Morgan fingerprint density at radius 2 is 1.75 bits per heavy atom. The van der Waals surface area contributed by atoms with Crippen molar-refractivity contribution in [2.75, 3.05) is 32.7 Å². The van der Waals surface area contributed by atoms with Crippen molar-refractivity contribution < 1.29 is 0 Å². The van der Waals surface area contributed by atoms with Crippen LogP contribution in [0.1, 0.15) is 26.7 Å². The van der Waals surface area contributed by atoms with Gasteiger partial charge in [0.05, 0.1) is 0 Å². The molecular weight excluding hydrogens is 148 g/mol. The van der Waals surface area contributed by atoms with Crippen molar-refractivity contribution >= 4 is 0 Å². The maximum absolute atomic E-state index is 3.43. The van der Waals surface area contributed by atoms with Crippen LogP contribution in [0.15, 0.2) is 0 Å². The number of hydrogen-bond donors (Lipinski definition) is 1. The highest BCUT2D eigenvalue weighted by molar-refractivity contribution is 4.65. The monoisotopic (exact) mass is 170 g/mol. The van der Waals surface area contributed by atoms with Crippen LogP contribution < -0.4 is 5.32 Å². The molecule has 0 aromatic rings. The molecule has 0 saturated carbocycles. The van der Waals surface area contributed by atoms with Crippen molar-refractivity contribution in [2.24, 2.45) is 5.92 Å². The molecule has 1 saturated heterocycles. The van der Waals surface area contributed by atoms with Gasteiger partial charge in [-0.1, -0.05) is 13.8 Å². The van der Waals surface area contributed by atoms with Crippen molar-refractivity contribution in [1.29, 1.82) is 0 Å². The van der Waals surface area contributed by atoms with Gasteiger partial charge in [-0.3, -0.25) is 0 Å². The summed E-state index contributed by atoms with van der Waals surface area (Å²) < 4.78 is 0. The highest BCUT2D eigenvalue weighted by Gasteiger charge is 2.08. The minimum absolute atomic E-state index is 0.817. The van der Waals surface area contributed by atoms with Crippen LogP contribution in [0.5, 0.6) is 0 Å². The van der Waals surface area contributed by atoms with E-state index >= 15 is 0 Å². The molecule has 0 atom stereocenters. The van der Waals surface area contributed by atoms with Crippen molar-refractivity contribution in [1.82, 2.24) is 10.2 Å². The summed E-state index contributed by atoms with van der Waals surface area (Å²) in [5.74, 6) is 0.817. The summed E-state index contributed by atoms with van der Waals surface area (Å²) in [6.07, 6.45) is 2.62. The molecule has 1 N–H and O–H groups in total. The Morgan fingerprint density at radius 3 is 2.25 bits per heavy atom. The molecule has 1 aliphatic rings. The van der Waals surface area contributed by atoms with Gasteiger partial charge < -0.3 is 10.2 Å². The molecule has 0 bridgehead atoms. The largest absolute Gasteiger partial charge is 0.317 e. The van der Waals surface area contributed by atoms with Gasteiger partial charge in [-0.15, -0.1) is 0 Å². The zero-order valence-electron chi connectivity index (χ0n) is 8.47. The third-order valence-corrected chi connectivity index (χ3v) is 2.28. The summed E-state index contributed by atoms with van der Waals surface area (Å²) in [6.45, 7) is 10.9. The van der Waals surface area contributed by atoms with Crippen molar-refractivity contribution in [2.45, 2.75) is 26.7 Å². The SMILES string of the molecule is CC(C)CN1CCCNCCC1. The van der Waals surface area contributed by atoms with Crippen LogP contribution in [-0.2, 0) is 0 Å². The summed E-state index contributed by atoms with van der Waals surface area (Å²) in [5.41, 5.74) is 0. The summed E-state index contributed by atoms with van der Waals surface area (Å²) in [5, 5.41) is 3.43. The molecule has 0 spiro atoms. The van der Waals surface area contributed by atoms with E-state index in [4.69, 9.17) is 0 Å². The Labute approximate surface area is 76.3 Å². The first kappa shape index (κ1) is 10.0. The molecule has 1 rings (SSSR count). The fourth-order valence-corrected chi connectivity index (χ4v) is 1.79. The number of nitrogens with zero attached hydrogens (tertiary/aromatic N) is 1. The van der Waals surface area contributed by atoms with Crippen LogP contribution in [0.25, 0.3) is 0 Å². The first-order valence-electron chi connectivity index (χ1n) is 5.22. The van der Waals surface area contributed by atoms with Gasteiger partial charge in [0.15, 0.2) is 0 Å². The Kier molecular flexibility index (Phi) is 4.62. The minimum atomic E-state index is 0.817. The van der Waals surface area contributed by atoms with Gasteiger partial charge in [0.25, 0.3) is 0 Å². The second-order valence-corrected chi connectivity index (χ2v) is 4.15. The van der Waals surface area contributed by atoms with E-state index in [1.807, 2.05) is 0 Å². The second kappa shape index (κ2) is 5.55. The predicted octanol–water partition coefficient (Wildman–Crippen LogP) is 1.33. The highest BCUT2D eigenvalue weighted by Crippen LogP contribution is 2.02. The molecule has 0 aromatic heterocycles. The molecule has 1 aliphatic heterocycles. The van der Waals surface area contributed by atoms with E-state index in [0.29, 0.717) is 0 Å². The van der Waals surface area contributed by atoms with E-state index in [1.165, 1.54) is 45.6 Å². The van der Waals surface area contributed by atoms with E-state index < -0.39 is 0 Å². The summed E-state index contributed by atoms with van der Waals surface area (Å²) >= 11 is 0. The third-order valence-electron chi connectivity index (χ3n) is 2.28. The maximum atomic E-state index is 3.43. The zero-order valence-corrected chi connectivity index (χ0v) is 8.47. The zero-order chi connectivity index (χ0) is 8.81. The van der Waals surface area contributed by atoms with E-state index in [0.717, 1.165) is 5.92 Å². The van der Waals surface area contributed by atoms with Crippen LogP contribution in [-0.4, -0.2) is 37.6 Å². The van der Waals surface area contributed by atoms with Crippen LogP contribution in [0.3, 0.4) is 0 Å². The molecule has 0 radical (unpaired) electrons. The van der Waals surface area contributed by atoms with Crippen LogP contribution in [0.2, 0.25) is 0 Å². The van der Waals surface area contributed by atoms with E-state index in [1.54, 1.807) is 0 Å². The van der Waals surface area contributed by atoms with E-state index in [9.17, 15) is 0 Å². The molecule has 1 heterocycles. The van der Waals surface area contributed by atoms with E-state index in [-0.39, 0.29) is 0 Å². The van der Waals surface area contributed by atoms with Gasteiger partial charge in [-0.05, 0) is 44.9 Å².